The molecule has 1 fully saturated rings. The van der Waals surface area contributed by atoms with Crippen LogP contribution in [-0.4, -0.2) is 64.1 Å². The standard InChI is InChI=1S/C25H31N3O6S/c1-33-21-9-8-19-16-27(12-10-18(19)14-21)35(31,32)13-5-11-26-25(30)20-15-24(29)28(17-20)22-6-3-4-7-23(22)34-2/h3-4,6-9,14,20H,5,10-13,15-17H2,1-2H3,(H,26,30). The van der Waals surface area contributed by atoms with Crippen LogP contribution >= 0.6 is 0 Å². The minimum atomic E-state index is -3.45. The van der Waals surface area contributed by atoms with Gasteiger partial charge in [-0.05, 0) is 48.2 Å². The van der Waals surface area contributed by atoms with Crippen LogP contribution in [0.15, 0.2) is 42.5 Å². The Morgan fingerprint density at radius 2 is 1.91 bits per heavy atom. The lowest BCUT2D eigenvalue weighted by atomic mass is 10.0. The molecule has 9 nitrogen and oxygen atoms in total. The minimum Gasteiger partial charge on any atom is -0.497 e. The van der Waals surface area contributed by atoms with Gasteiger partial charge in [0.1, 0.15) is 11.5 Å². The van der Waals surface area contributed by atoms with Gasteiger partial charge in [-0.25, -0.2) is 8.42 Å². The second-order valence-electron chi connectivity index (χ2n) is 8.76. The Labute approximate surface area is 206 Å². The summed E-state index contributed by atoms with van der Waals surface area (Å²) in [6.07, 6.45) is 1.05. The highest BCUT2D eigenvalue weighted by atomic mass is 32.2. The summed E-state index contributed by atoms with van der Waals surface area (Å²) in [5, 5.41) is 2.80. The van der Waals surface area contributed by atoms with E-state index in [-0.39, 0.29) is 37.1 Å². The van der Waals surface area contributed by atoms with Gasteiger partial charge < -0.3 is 19.7 Å². The van der Waals surface area contributed by atoms with Crippen molar-refractivity contribution in [2.75, 3.05) is 44.5 Å². The Morgan fingerprint density at radius 3 is 2.69 bits per heavy atom. The maximum Gasteiger partial charge on any atom is 0.227 e. The molecule has 2 amide bonds. The first-order valence-corrected chi connectivity index (χ1v) is 13.3. The zero-order valence-electron chi connectivity index (χ0n) is 20.0. The van der Waals surface area contributed by atoms with E-state index in [1.807, 2.05) is 30.3 Å². The zero-order chi connectivity index (χ0) is 25.0. The summed E-state index contributed by atoms with van der Waals surface area (Å²) in [6.45, 7) is 1.27. The first-order chi connectivity index (χ1) is 16.8. The summed E-state index contributed by atoms with van der Waals surface area (Å²) < 4.78 is 37.8. The fourth-order valence-electron chi connectivity index (χ4n) is 4.58. The normalized spacial score (nSPS) is 18.3. The van der Waals surface area contributed by atoms with E-state index < -0.39 is 15.9 Å². The van der Waals surface area contributed by atoms with E-state index in [1.54, 1.807) is 24.1 Å². The molecule has 0 radical (unpaired) electrons. The van der Waals surface area contributed by atoms with Gasteiger partial charge >= 0.3 is 0 Å². The molecular weight excluding hydrogens is 470 g/mol. The number of carbonyl (C=O) groups excluding carboxylic acids is 2. The van der Waals surface area contributed by atoms with E-state index in [0.717, 1.165) is 16.9 Å². The number of hydrogen-bond acceptors (Lipinski definition) is 6. The summed E-state index contributed by atoms with van der Waals surface area (Å²) in [4.78, 5) is 26.7. The molecule has 2 heterocycles. The number of benzene rings is 2. The molecule has 4 rings (SSSR count). The van der Waals surface area contributed by atoms with Crippen LogP contribution in [0.1, 0.15) is 24.0 Å². The van der Waals surface area contributed by atoms with Gasteiger partial charge in [-0.1, -0.05) is 18.2 Å². The maximum absolute atomic E-state index is 12.8. The molecule has 0 aliphatic carbocycles. The van der Waals surface area contributed by atoms with Crippen molar-refractivity contribution >= 4 is 27.5 Å². The molecule has 188 valence electrons. The molecule has 35 heavy (non-hydrogen) atoms. The Balaban J connectivity index is 1.25. The molecule has 1 saturated heterocycles. The average Bonchev–Trinajstić information content (AvgIpc) is 3.27. The van der Waals surface area contributed by atoms with Gasteiger partial charge in [-0.3, -0.25) is 9.59 Å². The third kappa shape index (κ3) is 5.59. The van der Waals surface area contributed by atoms with Crippen LogP contribution in [0.2, 0.25) is 0 Å². The van der Waals surface area contributed by atoms with Gasteiger partial charge in [0.25, 0.3) is 0 Å². The monoisotopic (exact) mass is 501 g/mol. The van der Waals surface area contributed by atoms with E-state index in [4.69, 9.17) is 9.47 Å². The van der Waals surface area contributed by atoms with E-state index >= 15 is 0 Å². The van der Waals surface area contributed by atoms with Crippen LogP contribution in [0.4, 0.5) is 5.69 Å². The molecular formula is C25H31N3O6S. The molecule has 0 aromatic heterocycles. The van der Waals surface area contributed by atoms with Gasteiger partial charge in [0.15, 0.2) is 0 Å². The Hall–Kier alpha value is -3.11. The number of hydrogen-bond donors (Lipinski definition) is 1. The topological polar surface area (TPSA) is 105 Å². The van der Waals surface area contributed by atoms with Crippen molar-refractivity contribution in [2.24, 2.45) is 5.92 Å². The molecule has 2 aliphatic heterocycles. The molecule has 2 aliphatic rings. The lowest BCUT2D eigenvalue weighted by Gasteiger charge is -2.28. The fraction of sp³-hybridized carbons (Fsp3) is 0.440. The van der Waals surface area contributed by atoms with Crippen molar-refractivity contribution in [2.45, 2.75) is 25.8 Å². The van der Waals surface area contributed by atoms with E-state index in [1.165, 1.54) is 11.4 Å². The first-order valence-electron chi connectivity index (χ1n) is 11.7. The molecule has 2 aromatic rings. The van der Waals surface area contributed by atoms with Gasteiger partial charge in [-0.15, -0.1) is 0 Å². The van der Waals surface area contributed by atoms with E-state index in [0.29, 0.717) is 37.4 Å². The van der Waals surface area contributed by atoms with Gasteiger partial charge in [0.05, 0.1) is 31.6 Å². The number of nitrogens with zero attached hydrogens (tertiary/aromatic N) is 2. The van der Waals surface area contributed by atoms with Crippen molar-refractivity contribution in [1.82, 2.24) is 9.62 Å². The summed E-state index contributed by atoms with van der Waals surface area (Å²) in [7, 11) is -0.294. The van der Waals surface area contributed by atoms with Crippen molar-refractivity contribution in [3.8, 4) is 11.5 Å². The number of nitrogens with one attached hydrogen (secondary N) is 1. The van der Waals surface area contributed by atoms with Crippen molar-refractivity contribution < 1.29 is 27.5 Å². The molecule has 1 atom stereocenters. The molecule has 0 bridgehead atoms. The first kappa shape index (κ1) is 25.0. The number of amides is 2. The number of anilines is 1. The van der Waals surface area contributed by atoms with Gasteiger partial charge in [-0.2, -0.15) is 4.31 Å². The predicted octanol–water partition coefficient (Wildman–Crippen LogP) is 1.95. The van der Waals surface area contributed by atoms with Gasteiger partial charge in [0.2, 0.25) is 21.8 Å². The van der Waals surface area contributed by atoms with Gasteiger partial charge in [0, 0.05) is 32.6 Å². The Kier molecular flexibility index (Phi) is 7.61. The number of sulfonamides is 1. The van der Waals surface area contributed by atoms with Crippen LogP contribution in [0.3, 0.4) is 0 Å². The summed E-state index contributed by atoms with van der Waals surface area (Å²) in [5.41, 5.74) is 2.73. The van der Waals surface area contributed by atoms with Crippen molar-refractivity contribution in [1.29, 1.82) is 0 Å². The second kappa shape index (κ2) is 10.7. The lowest BCUT2D eigenvalue weighted by molar-refractivity contribution is -0.126. The maximum atomic E-state index is 12.8. The number of ether oxygens (including phenoxy) is 2. The predicted molar refractivity (Wildman–Crippen MR) is 132 cm³/mol. The van der Waals surface area contributed by atoms with Crippen molar-refractivity contribution in [3.63, 3.8) is 0 Å². The van der Waals surface area contributed by atoms with E-state index in [9.17, 15) is 18.0 Å². The summed E-state index contributed by atoms with van der Waals surface area (Å²) in [6, 6.07) is 12.9. The quantitative estimate of drug-likeness (QED) is 0.527. The highest BCUT2D eigenvalue weighted by Gasteiger charge is 2.36. The van der Waals surface area contributed by atoms with Crippen LogP contribution in [0.25, 0.3) is 0 Å². The molecule has 0 spiro atoms. The average molecular weight is 502 g/mol. The highest BCUT2D eigenvalue weighted by Crippen LogP contribution is 2.32. The molecule has 0 saturated carbocycles. The highest BCUT2D eigenvalue weighted by molar-refractivity contribution is 7.89. The molecule has 10 heteroatoms. The van der Waals surface area contributed by atoms with Crippen LogP contribution in [0, 0.1) is 5.92 Å². The Morgan fingerprint density at radius 1 is 1.11 bits per heavy atom. The molecule has 1 unspecified atom stereocenters. The van der Waals surface area contributed by atoms with Crippen LogP contribution in [0.5, 0.6) is 11.5 Å². The zero-order valence-corrected chi connectivity index (χ0v) is 20.8. The largest absolute Gasteiger partial charge is 0.497 e. The molecule has 2 aromatic carbocycles. The molecule has 1 N–H and O–H groups in total. The van der Waals surface area contributed by atoms with Crippen molar-refractivity contribution in [3.05, 3.63) is 53.6 Å². The number of carbonyl (C=O) groups is 2. The second-order valence-corrected chi connectivity index (χ2v) is 10.8. The minimum absolute atomic E-state index is 0.0459. The fourth-order valence-corrected chi connectivity index (χ4v) is 6.05. The third-order valence-electron chi connectivity index (χ3n) is 6.53. The number of methoxy groups -OCH3 is 2. The van der Waals surface area contributed by atoms with Crippen LogP contribution in [-0.2, 0) is 32.6 Å². The summed E-state index contributed by atoms with van der Waals surface area (Å²) in [5.74, 6) is 0.432. The number of para-hydroxylation sites is 2. The van der Waals surface area contributed by atoms with Crippen LogP contribution < -0.4 is 19.7 Å². The smallest absolute Gasteiger partial charge is 0.227 e. The third-order valence-corrected chi connectivity index (χ3v) is 8.44. The number of fused-ring (bicyclic) bond motifs is 1. The Bertz CT molecular complexity index is 1200. The lowest BCUT2D eigenvalue weighted by Crippen LogP contribution is -2.38. The summed E-state index contributed by atoms with van der Waals surface area (Å²) >= 11 is 0. The number of rotatable bonds is 9. The SMILES string of the molecule is COc1ccc2c(c1)CCN(S(=O)(=O)CCCNC(=O)C1CC(=O)N(c3ccccc3OC)C1)C2. The van der Waals surface area contributed by atoms with E-state index in [2.05, 4.69) is 5.32 Å².